The van der Waals surface area contributed by atoms with Crippen LogP contribution in [0.4, 0.5) is 5.69 Å². The Kier molecular flexibility index (Phi) is 5.07. The Hall–Kier alpha value is -2.45. The van der Waals surface area contributed by atoms with Crippen molar-refractivity contribution in [3.05, 3.63) is 44.0 Å². The number of rotatable bonds is 4. The van der Waals surface area contributed by atoms with Crippen LogP contribution in [0.1, 0.15) is 23.8 Å². The van der Waals surface area contributed by atoms with E-state index in [-0.39, 0.29) is 12.1 Å². The third kappa shape index (κ3) is 3.49. The minimum atomic E-state index is -0.408. The van der Waals surface area contributed by atoms with Crippen LogP contribution in [-0.4, -0.2) is 28.0 Å². The summed E-state index contributed by atoms with van der Waals surface area (Å²) in [6.07, 6.45) is 2.88. The SMILES string of the molecule is COc1ccc(Cl)cc1NC(=O)Cn1nnc2sc3c(c2c1=O)CCC(C)C3. The summed E-state index contributed by atoms with van der Waals surface area (Å²) >= 11 is 7.53. The van der Waals surface area contributed by atoms with Crippen LogP contribution in [0.5, 0.6) is 5.75 Å². The van der Waals surface area contributed by atoms with E-state index >= 15 is 0 Å². The molecule has 1 amide bonds. The highest BCUT2D eigenvalue weighted by atomic mass is 35.5. The molecule has 2 aromatic heterocycles. The molecule has 146 valence electrons. The van der Waals surface area contributed by atoms with Crippen LogP contribution in [0.2, 0.25) is 5.02 Å². The van der Waals surface area contributed by atoms with Gasteiger partial charge in [-0.3, -0.25) is 9.59 Å². The molecule has 1 aliphatic rings. The van der Waals surface area contributed by atoms with E-state index in [0.717, 1.165) is 29.5 Å². The van der Waals surface area contributed by atoms with Crippen LogP contribution in [0, 0.1) is 5.92 Å². The van der Waals surface area contributed by atoms with Crippen LogP contribution in [0.3, 0.4) is 0 Å². The molecule has 1 aromatic carbocycles. The van der Waals surface area contributed by atoms with E-state index in [4.69, 9.17) is 16.3 Å². The molecule has 1 unspecified atom stereocenters. The van der Waals surface area contributed by atoms with Crippen LogP contribution < -0.4 is 15.6 Å². The first-order chi connectivity index (χ1) is 13.5. The number of hydrogen-bond acceptors (Lipinski definition) is 6. The smallest absolute Gasteiger partial charge is 0.279 e. The normalized spacial score (nSPS) is 16.0. The van der Waals surface area contributed by atoms with E-state index in [9.17, 15) is 9.59 Å². The largest absolute Gasteiger partial charge is 0.495 e. The summed E-state index contributed by atoms with van der Waals surface area (Å²) in [6, 6.07) is 4.92. The lowest BCUT2D eigenvalue weighted by Gasteiger charge is -2.17. The molecule has 0 bridgehead atoms. The zero-order chi connectivity index (χ0) is 19.8. The van der Waals surface area contributed by atoms with Crippen molar-refractivity contribution in [3.8, 4) is 5.75 Å². The van der Waals surface area contributed by atoms with Crippen LogP contribution in [-0.2, 0) is 24.2 Å². The molecule has 1 N–H and O–H groups in total. The van der Waals surface area contributed by atoms with Gasteiger partial charge in [-0.1, -0.05) is 23.7 Å². The van der Waals surface area contributed by atoms with Gasteiger partial charge in [0.05, 0.1) is 18.2 Å². The zero-order valence-electron chi connectivity index (χ0n) is 15.5. The van der Waals surface area contributed by atoms with Gasteiger partial charge in [-0.05, 0) is 48.9 Å². The monoisotopic (exact) mass is 418 g/mol. The molecule has 28 heavy (non-hydrogen) atoms. The molecule has 0 spiro atoms. The van der Waals surface area contributed by atoms with Gasteiger partial charge in [0.2, 0.25) is 5.91 Å². The molecule has 3 aromatic rings. The van der Waals surface area contributed by atoms with Gasteiger partial charge in [-0.2, -0.15) is 0 Å². The van der Waals surface area contributed by atoms with Gasteiger partial charge in [-0.15, -0.1) is 16.4 Å². The number of carbonyl (C=O) groups is 1. The average Bonchev–Trinajstić information content (AvgIpc) is 3.02. The number of benzene rings is 1. The van der Waals surface area contributed by atoms with E-state index in [1.165, 1.54) is 23.3 Å². The highest BCUT2D eigenvalue weighted by molar-refractivity contribution is 7.18. The average molecular weight is 419 g/mol. The molecule has 1 aliphatic carbocycles. The maximum absolute atomic E-state index is 12.9. The number of methoxy groups -OCH3 is 1. The number of carbonyl (C=O) groups excluding carboxylic acids is 1. The fourth-order valence-electron chi connectivity index (χ4n) is 3.50. The lowest BCUT2D eigenvalue weighted by Crippen LogP contribution is -2.30. The first kappa shape index (κ1) is 18.9. The zero-order valence-corrected chi connectivity index (χ0v) is 17.1. The highest BCUT2D eigenvalue weighted by Gasteiger charge is 2.24. The van der Waals surface area contributed by atoms with Crippen molar-refractivity contribution in [2.45, 2.75) is 32.7 Å². The summed E-state index contributed by atoms with van der Waals surface area (Å²) in [5, 5.41) is 11.9. The molecular weight excluding hydrogens is 400 g/mol. The standard InChI is InChI=1S/C19H19ClN4O3S/c1-10-3-5-12-15(7-10)28-18-17(12)19(26)24(23-22-18)9-16(25)21-13-8-11(20)4-6-14(13)27-2/h4,6,8,10H,3,5,7,9H2,1-2H3,(H,21,25). The lowest BCUT2D eigenvalue weighted by molar-refractivity contribution is -0.117. The lowest BCUT2D eigenvalue weighted by atomic mass is 9.89. The van der Waals surface area contributed by atoms with Crippen molar-refractivity contribution in [2.24, 2.45) is 5.92 Å². The second-order valence-corrected chi connectivity index (χ2v) is 8.50. The number of ether oxygens (including phenoxy) is 1. The maximum Gasteiger partial charge on any atom is 0.279 e. The molecule has 4 rings (SSSR count). The molecule has 0 saturated heterocycles. The number of nitrogens with zero attached hydrogens (tertiary/aromatic N) is 3. The van der Waals surface area contributed by atoms with Crippen molar-refractivity contribution in [2.75, 3.05) is 12.4 Å². The molecule has 1 atom stereocenters. The Bertz CT molecular complexity index is 1120. The van der Waals surface area contributed by atoms with Crippen LogP contribution in [0.15, 0.2) is 23.0 Å². The van der Waals surface area contributed by atoms with E-state index in [2.05, 4.69) is 22.6 Å². The first-order valence-corrected chi connectivity index (χ1v) is 10.2. The molecular formula is C19H19ClN4O3S. The number of anilines is 1. The Morgan fingerprint density at radius 1 is 1.46 bits per heavy atom. The maximum atomic E-state index is 12.9. The van der Waals surface area contributed by atoms with Crippen molar-refractivity contribution >= 4 is 44.7 Å². The molecule has 0 saturated carbocycles. The topological polar surface area (TPSA) is 86.1 Å². The highest BCUT2D eigenvalue weighted by Crippen LogP contribution is 2.35. The van der Waals surface area contributed by atoms with Gasteiger partial charge in [0.25, 0.3) is 5.56 Å². The minimum Gasteiger partial charge on any atom is -0.495 e. The summed E-state index contributed by atoms with van der Waals surface area (Å²) in [5.74, 6) is 0.677. The van der Waals surface area contributed by atoms with Crippen molar-refractivity contribution in [1.29, 1.82) is 0 Å². The third-order valence-corrected chi connectivity index (χ3v) is 6.29. The van der Waals surface area contributed by atoms with Crippen LogP contribution >= 0.6 is 22.9 Å². The Morgan fingerprint density at radius 3 is 3.07 bits per heavy atom. The summed E-state index contributed by atoms with van der Waals surface area (Å²) < 4.78 is 6.34. The second kappa shape index (κ2) is 7.52. The second-order valence-electron chi connectivity index (χ2n) is 6.98. The molecule has 0 aliphatic heterocycles. The molecule has 2 heterocycles. The Labute approximate surface area is 170 Å². The van der Waals surface area contributed by atoms with Gasteiger partial charge in [0, 0.05) is 9.90 Å². The molecule has 9 heteroatoms. The van der Waals surface area contributed by atoms with Gasteiger partial charge in [0.15, 0.2) is 4.83 Å². The first-order valence-electron chi connectivity index (χ1n) is 8.97. The number of thiophene rings is 1. The Morgan fingerprint density at radius 2 is 2.29 bits per heavy atom. The minimum absolute atomic E-state index is 0.238. The number of fused-ring (bicyclic) bond motifs is 3. The van der Waals surface area contributed by atoms with E-state index < -0.39 is 5.91 Å². The van der Waals surface area contributed by atoms with Gasteiger partial charge in [-0.25, -0.2) is 4.68 Å². The predicted molar refractivity (Wildman–Crippen MR) is 109 cm³/mol. The fraction of sp³-hybridized carbons (Fsp3) is 0.368. The Balaban J connectivity index is 1.62. The molecule has 0 radical (unpaired) electrons. The molecule has 7 nitrogen and oxygen atoms in total. The fourth-order valence-corrected chi connectivity index (χ4v) is 4.99. The van der Waals surface area contributed by atoms with E-state index in [1.807, 2.05) is 0 Å². The number of aryl methyl sites for hydroxylation is 1. The summed E-state index contributed by atoms with van der Waals surface area (Å²) in [7, 11) is 1.50. The number of amides is 1. The van der Waals surface area contributed by atoms with Gasteiger partial charge in [0.1, 0.15) is 12.3 Å². The number of halogens is 1. The quantitative estimate of drug-likeness (QED) is 0.702. The van der Waals surface area contributed by atoms with Gasteiger partial charge < -0.3 is 10.1 Å². The molecule has 0 fully saturated rings. The third-order valence-electron chi connectivity index (χ3n) is 4.91. The number of aromatic nitrogens is 3. The van der Waals surface area contributed by atoms with Crippen molar-refractivity contribution in [3.63, 3.8) is 0 Å². The summed E-state index contributed by atoms with van der Waals surface area (Å²) in [5.41, 5.74) is 1.23. The predicted octanol–water partition coefficient (Wildman–Crippen LogP) is 3.28. The van der Waals surface area contributed by atoms with Crippen LogP contribution in [0.25, 0.3) is 10.2 Å². The van der Waals surface area contributed by atoms with E-state index in [1.54, 1.807) is 18.2 Å². The van der Waals surface area contributed by atoms with E-state index in [0.29, 0.717) is 32.6 Å². The van der Waals surface area contributed by atoms with Crippen molar-refractivity contribution < 1.29 is 9.53 Å². The van der Waals surface area contributed by atoms with Crippen molar-refractivity contribution in [1.82, 2.24) is 15.0 Å². The van der Waals surface area contributed by atoms with Gasteiger partial charge >= 0.3 is 0 Å². The number of nitrogens with one attached hydrogen (secondary N) is 1. The summed E-state index contributed by atoms with van der Waals surface area (Å²) in [4.78, 5) is 27.3. The summed E-state index contributed by atoms with van der Waals surface area (Å²) in [6.45, 7) is 1.98. The number of hydrogen-bond donors (Lipinski definition) is 1.